The molecule has 0 unspecified atom stereocenters. The van der Waals surface area contributed by atoms with Crippen LogP contribution in [0.25, 0.3) is 0 Å². The minimum atomic E-state index is -0.744. The summed E-state index contributed by atoms with van der Waals surface area (Å²) < 4.78 is 5.67. The second-order valence-electron chi connectivity index (χ2n) is 4.40. The average molecular weight is 214 g/mol. The molecule has 1 rings (SSSR count). The monoisotopic (exact) mass is 214 g/mol. The van der Waals surface area contributed by atoms with E-state index in [-0.39, 0.29) is 12.5 Å². The second-order valence-corrected chi connectivity index (χ2v) is 4.40. The number of hydrogen-bond acceptors (Lipinski definition) is 2. The number of aliphatic carboxylic acids is 1. The molecule has 15 heavy (non-hydrogen) atoms. The lowest BCUT2D eigenvalue weighted by molar-refractivity contribution is -0.139. The third kappa shape index (κ3) is 5.17. The Balaban J connectivity index is 2.05. The van der Waals surface area contributed by atoms with Crippen molar-refractivity contribution >= 4 is 5.97 Å². The predicted molar refractivity (Wildman–Crippen MR) is 58.9 cm³/mol. The molecule has 0 aromatic rings. The van der Waals surface area contributed by atoms with Crippen LogP contribution in [-0.2, 0) is 9.53 Å². The van der Waals surface area contributed by atoms with Gasteiger partial charge in [0.05, 0.1) is 18.6 Å². The zero-order valence-corrected chi connectivity index (χ0v) is 9.58. The van der Waals surface area contributed by atoms with Gasteiger partial charge in [0.15, 0.2) is 0 Å². The largest absolute Gasteiger partial charge is 0.481 e. The Morgan fingerprint density at radius 3 is 2.67 bits per heavy atom. The van der Waals surface area contributed by atoms with E-state index in [1.165, 1.54) is 25.7 Å². The highest BCUT2D eigenvalue weighted by atomic mass is 16.5. The van der Waals surface area contributed by atoms with E-state index in [0.717, 1.165) is 19.3 Å². The molecule has 0 aromatic heterocycles. The van der Waals surface area contributed by atoms with E-state index in [0.29, 0.717) is 6.10 Å². The van der Waals surface area contributed by atoms with E-state index >= 15 is 0 Å². The first-order valence-electron chi connectivity index (χ1n) is 6.09. The van der Waals surface area contributed by atoms with Gasteiger partial charge in [0.2, 0.25) is 0 Å². The Hall–Kier alpha value is -0.570. The maximum absolute atomic E-state index is 10.5. The van der Waals surface area contributed by atoms with Crippen LogP contribution in [-0.4, -0.2) is 23.3 Å². The lowest BCUT2D eigenvalue weighted by Gasteiger charge is -2.11. The molecule has 1 fully saturated rings. The maximum Gasteiger partial charge on any atom is 0.305 e. The zero-order valence-electron chi connectivity index (χ0n) is 9.58. The van der Waals surface area contributed by atoms with Crippen molar-refractivity contribution in [3.8, 4) is 0 Å². The van der Waals surface area contributed by atoms with E-state index < -0.39 is 5.97 Å². The molecule has 0 aliphatic carbocycles. The molecule has 0 bridgehead atoms. The smallest absolute Gasteiger partial charge is 0.305 e. The van der Waals surface area contributed by atoms with Gasteiger partial charge in [0, 0.05) is 0 Å². The number of carboxylic acid groups (broad SMARTS) is 1. The van der Waals surface area contributed by atoms with Crippen LogP contribution in [0.3, 0.4) is 0 Å². The standard InChI is InChI=1S/C12H22O3/c1-2-3-4-5-6-10-7-8-11(15-10)9-12(13)14/h10-11H,2-9H2,1H3,(H,13,14)/t10-,11+/m0/s1. The highest BCUT2D eigenvalue weighted by molar-refractivity contribution is 5.67. The molecule has 1 aliphatic rings. The van der Waals surface area contributed by atoms with Crippen molar-refractivity contribution < 1.29 is 14.6 Å². The summed E-state index contributed by atoms with van der Waals surface area (Å²) in [5, 5.41) is 8.63. The first-order valence-corrected chi connectivity index (χ1v) is 6.09. The Bertz CT molecular complexity index is 191. The van der Waals surface area contributed by atoms with E-state index in [1.54, 1.807) is 0 Å². The Labute approximate surface area is 91.8 Å². The van der Waals surface area contributed by atoms with Crippen molar-refractivity contribution in [2.75, 3.05) is 0 Å². The van der Waals surface area contributed by atoms with Gasteiger partial charge in [-0.2, -0.15) is 0 Å². The first-order chi connectivity index (χ1) is 7.22. The SMILES string of the molecule is CCCCCC[C@H]1CC[C@H](CC(=O)O)O1. The van der Waals surface area contributed by atoms with Crippen molar-refractivity contribution in [2.24, 2.45) is 0 Å². The number of carboxylic acids is 1. The maximum atomic E-state index is 10.5. The minimum absolute atomic E-state index is 0.0290. The van der Waals surface area contributed by atoms with E-state index in [9.17, 15) is 4.79 Å². The molecule has 2 atom stereocenters. The van der Waals surface area contributed by atoms with Gasteiger partial charge >= 0.3 is 5.97 Å². The minimum Gasteiger partial charge on any atom is -0.481 e. The van der Waals surface area contributed by atoms with Crippen LogP contribution in [0, 0.1) is 0 Å². The van der Waals surface area contributed by atoms with Crippen molar-refractivity contribution in [2.45, 2.75) is 70.5 Å². The fourth-order valence-corrected chi connectivity index (χ4v) is 2.14. The fourth-order valence-electron chi connectivity index (χ4n) is 2.14. The van der Waals surface area contributed by atoms with Gasteiger partial charge in [-0.3, -0.25) is 4.79 Å². The summed E-state index contributed by atoms with van der Waals surface area (Å²) in [7, 11) is 0. The zero-order chi connectivity index (χ0) is 11.1. The normalized spacial score (nSPS) is 25.7. The molecule has 88 valence electrons. The second kappa shape index (κ2) is 6.83. The van der Waals surface area contributed by atoms with Gasteiger partial charge in [0.1, 0.15) is 0 Å². The average Bonchev–Trinajstić information content (AvgIpc) is 2.59. The van der Waals surface area contributed by atoms with Crippen LogP contribution in [0.15, 0.2) is 0 Å². The molecule has 0 spiro atoms. The fraction of sp³-hybridized carbons (Fsp3) is 0.917. The summed E-state index contributed by atoms with van der Waals surface area (Å²) in [6.07, 6.45) is 8.59. The topological polar surface area (TPSA) is 46.5 Å². The highest BCUT2D eigenvalue weighted by Crippen LogP contribution is 2.25. The van der Waals surface area contributed by atoms with Gasteiger partial charge in [-0.25, -0.2) is 0 Å². The quantitative estimate of drug-likeness (QED) is 0.663. The third-order valence-corrected chi connectivity index (χ3v) is 2.98. The number of unbranched alkanes of at least 4 members (excludes halogenated alkanes) is 3. The van der Waals surface area contributed by atoms with E-state index in [1.807, 2.05) is 0 Å². The summed E-state index contributed by atoms with van der Waals surface area (Å²) in [5.74, 6) is -0.744. The summed E-state index contributed by atoms with van der Waals surface area (Å²) in [4.78, 5) is 10.5. The van der Waals surface area contributed by atoms with Crippen molar-refractivity contribution in [3.63, 3.8) is 0 Å². The Kier molecular flexibility index (Phi) is 5.69. The van der Waals surface area contributed by atoms with E-state index in [2.05, 4.69) is 6.92 Å². The molecule has 1 N–H and O–H groups in total. The number of rotatable bonds is 7. The molecule has 1 saturated heterocycles. The van der Waals surface area contributed by atoms with Crippen LogP contribution in [0.4, 0.5) is 0 Å². The van der Waals surface area contributed by atoms with Gasteiger partial charge < -0.3 is 9.84 Å². The number of hydrogen-bond donors (Lipinski definition) is 1. The lowest BCUT2D eigenvalue weighted by Crippen LogP contribution is -2.14. The molecule has 0 saturated carbocycles. The summed E-state index contributed by atoms with van der Waals surface area (Å²) in [5.41, 5.74) is 0. The van der Waals surface area contributed by atoms with Crippen molar-refractivity contribution in [1.82, 2.24) is 0 Å². The lowest BCUT2D eigenvalue weighted by atomic mass is 10.1. The Morgan fingerprint density at radius 2 is 2.00 bits per heavy atom. The molecule has 0 radical (unpaired) electrons. The molecule has 3 nitrogen and oxygen atoms in total. The Morgan fingerprint density at radius 1 is 1.27 bits per heavy atom. The predicted octanol–water partition coefficient (Wildman–Crippen LogP) is 2.98. The molecular weight excluding hydrogens is 192 g/mol. The van der Waals surface area contributed by atoms with Gasteiger partial charge in [-0.15, -0.1) is 0 Å². The first kappa shape index (κ1) is 12.5. The number of ether oxygens (including phenoxy) is 1. The molecule has 1 aliphatic heterocycles. The van der Waals surface area contributed by atoms with E-state index in [4.69, 9.17) is 9.84 Å². The van der Waals surface area contributed by atoms with Gasteiger partial charge in [0.25, 0.3) is 0 Å². The highest BCUT2D eigenvalue weighted by Gasteiger charge is 2.26. The summed E-state index contributed by atoms with van der Waals surface area (Å²) in [6, 6.07) is 0. The van der Waals surface area contributed by atoms with Crippen molar-refractivity contribution in [1.29, 1.82) is 0 Å². The van der Waals surface area contributed by atoms with Crippen molar-refractivity contribution in [3.05, 3.63) is 0 Å². The van der Waals surface area contributed by atoms with Crippen LogP contribution >= 0.6 is 0 Å². The molecule has 1 heterocycles. The molecule has 3 heteroatoms. The molecular formula is C12H22O3. The summed E-state index contributed by atoms with van der Waals surface area (Å²) >= 11 is 0. The number of carbonyl (C=O) groups is 1. The van der Waals surface area contributed by atoms with Crippen LogP contribution in [0.5, 0.6) is 0 Å². The van der Waals surface area contributed by atoms with Crippen LogP contribution in [0.1, 0.15) is 58.3 Å². The van der Waals surface area contributed by atoms with Crippen LogP contribution < -0.4 is 0 Å². The molecule has 0 aromatic carbocycles. The van der Waals surface area contributed by atoms with Gasteiger partial charge in [-0.05, 0) is 19.3 Å². The van der Waals surface area contributed by atoms with Crippen LogP contribution in [0.2, 0.25) is 0 Å². The molecule has 0 amide bonds. The third-order valence-electron chi connectivity index (χ3n) is 2.98. The summed E-state index contributed by atoms with van der Waals surface area (Å²) in [6.45, 7) is 2.20. The van der Waals surface area contributed by atoms with Gasteiger partial charge in [-0.1, -0.05) is 32.6 Å².